The van der Waals surface area contributed by atoms with Crippen molar-refractivity contribution < 1.29 is 4.79 Å². The molecule has 0 spiro atoms. The fourth-order valence-electron chi connectivity index (χ4n) is 1.93. The van der Waals surface area contributed by atoms with E-state index in [4.69, 9.17) is 23.2 Å². The minimum atomic E-state index is -0.0628. The summed E-state index contributed by atoms with van der Waals surface area (Å²) in [6.45, 7) is 3.71. The Kier molecular flexibility index (Phi) is 4.94. The molecule has 5 heteroatoms. The molecule has 0 aromatic heterocycles. The highest BCUT2D eigenvalue weighted by Crippen LogP contribution is 2.30. The van der Waals surface area contributed by atoms with E-state index in [0.29, 0.717) is 21.7 Å². The van der Waals surface area contributed by atoms with E-state index >= 15 is 0 Å². The van der Waals surface area contributed by atoms with Crippen molar-refractivity contribution in [2.45, 2.75) is 26.2 Å². The van der Waals surface area contributed by atoms with Crippen LogP contribution in [0.3, 0.4) is 0 Å². The molecule has 0 heterocycles. The number of carbonyl (C=O) groups is 1. The average molecular weight is 301 g/mol. The molecule has 1 saturated carbocycles. The lowest BCUT2D eigenvalue weighted by Gasteiger charge is -2.22. The van der Waals surface area contributed by atoms with Gasteiger partial charge in [-0.1, -0.05) is 30.1 Å². The van der Waals surface area contributed by atoms with Crippen molar-refractivity contribution in [2.24, 2.45) is 5.92 Å². The van der Waals surface area contributed by atoms with Crippen LogP contribution in [0, 0.1) is 5.92 Å². The zero-order chi connectivity index (χ0) is 13.8. The van der Waals surface area contributed by atoms with Gasteiger partial charge >= 0.3 is 6.03 Å². The van der Waals surface area contributed by atoms with Crippen LogP contribution < -0.4 is 5.32 Å². The molecule has 1 N–H and O–H groups in total. The summed E-state index contributed by atoms with van der Waals surface area (Å²) in [6.07, 6.45) is 3.43. The number of nitrogens with zero attached hydrogens (tertiary/aromatic N) is 1. The smallest absolute Gasteiger partial charge is 0.321 e. The highest BCUT2D eigenvalue weighted by atomic mass is 35.5. The van der Waals surface area contributed by atoms with E-state index in [1.807, 2.05) is 4.90 Å². The minimum absolute atomic E-state index is 0.0628. The molecule has 2 amide bonds. The predicted molar refractivity (Wildman–Crippen MR) is 80.1 cm³/mol. The molecule has 0 aliphatic heterocycles. The van der Waals surface area contributed by atoms with Gasteiger partial charge in [-0.2, -0.15) is 0 Å². The first-order chi connectivity index (χ1) is 9.10. The zero-order valence-electron chi connectivity index (χ0n) is 11.0. The second-order valence-electron chi connectivity index (χ2n) is 4.95. The lowest BCUT2D eigenvalue weighted by molar-refractivity contribution is 0.209. The lowest BCUT2D eigenvalue weighted by Crippen LogP contribution is -2.37. The Balaban J connectivity index is 1.98. The Morgan fingerprint density at radius 1 is 1.37 bits per heavy atom. The van der Waals surface area contributed by atoms with Crippen LogP contribution in [0.25, 0.3) is 0 Å². The van der Waals surface area contributed by atoms with Gasteiger partial charge in [-0.05, 0) is 43.4 Å². The molecular formula is C14H18Cl2N2O. The number of carbonyl (C=O) groups excluding carboxylic acids is 1. The highest BCUT2D eigenvalue weighted by Gasteiger charge is 2.26. The summed E-state index contributed by atoms with van der Waals surface area (Å²) in [4.78, 5) is 14.1. The predicted octanol–water partition coefficient (Wildman–Crippen LogP) is 4.65. The lowest BCUT2D eigenvalue weighted by atomic mass is 10.3. The highest BCUT2D eigenvalue weighted by molar-refractivity contribution is 6.42. The fraction of sp³-hybridized carbons (Fsp3) is 0.500. The molecule has 104 valence electrons. The van der Waals surface area contributed by atoms with Gasteiger partial charge in [0.15, 0.2) is 0 Å². The van der Waals surface area contributed by atoms with Crippen LogP contribution in [0.5, 0.6) is 0 Å². The van der Waals surface area contributed by atoms with E-state index in [1.54, 1.807) is 18.2 Å². The molecule has 1 aromatic carbocycles. The van der Waals surface area contributed by atoms with Gasteiger partial charge in [0.05, 0.1) is 10.0 Å². The van der Waals surface area contributed by atoms with E-state index in [1.165, 1.54) is 12.8 Å². The number of halogens is 2. The Hall–Kier alpha value is -0.930. The second kappa shape index (κ2) is 6.49. The van der Waals surface area contributed by atoms with Gasteiger partial charge in [0.2, 0.25) is 0 Å². The van der Waals surface area contributed by atoms with Gasteiger partial charge in [-0.15, -0.1) is 0 Å². The molecule has 1 fully saturated rings. The van der Waals surface area contributed by atoms with E-state index in [9.17, 15) is 4.79 Å². The maximum atomic E-state index is 12.2. The van der Waals surface area contributed by atoms with Crippen molar-refractivity contribution in [2.75, 3.05) is 18.4 Å². The topological polar surface area (TPSA) is 32.3 Å². The fourth-order valence-corrected chi connectivity index (χ4v) is 2.23. The second-order valence-corrected chi connectivity index (χ2v) is 5.76. The third-order valence-corrected chi connectivity index (χ3v) is 3.87. The molecular weight excluding hydrogens is 283 g/mol. The summed E-state index contributed by atoms with van der Waals surface area (Å²) >= 11 is 11.8. The van der Waals surface area contributed by atoms with E-state index in [0.717, 1.165) is 19.5 Å². The van der Waals surface area contributed by atoms with Crippen molar-refractivity contribution in [1.82, 2.24) is 4.90 Å². The largest absolute Gasteiger partial charge is 0.324 e. The molecule has 0 saturated heterocycles. The standard InChI is InChI=1S/C14H18Cl2N2O/c1-2-7-18(9-10-3-4-10)14(19)17-11-5-6-12(15)13(16)8-11/h5-6,8,10H,2-4,7,9H2,1H3,(H,17,19). The van der Waals surface area contributed by atoms with Crippen LogP contribution >= 0.6 is 23.2 Å². The Labute approximate surface area is 123 Å². The summed E-state index contributed by atoms with van der Waals surface area (Å²) in [7, 11) is 0. The molecule has 19 heavy (non-hydrogen) atoms. The molecule has 3 nitrogen and oxygen atoms in total. The van der Waals surface area contributed by atoms with Gasteiger partial charge in [0.25, 0.3) is 0 Å². The molecule has 1 aliphatic carbocycles. The minimum Gasteiger partial charge on any atom is -0.324 e. The normalized spacial score (nSPS) is 14.3. The van der Waals surface area contributed by atoms with Crippen molar-refractivity contribution in [3.05, 3.63) is 28.2 Å². The van der Waals surface area contributed by atoms with Crippen LogP contribution in [-0.2, 0) is 0 Å². The summed E-state index contributed by atoms with van der Waals surface area (Å²) < 4.78 is 0. The zero-order valence-corrected chi connectivity index (χ0v) is 12.5. The number of hydrogen-bond donors (Lipinski definition) is 1. The van der Waals surface area contributed by atoms with Crippen LogP contribution in [0.2, 0.25) is 10.0 Å². The quantitative estimate of drug-likeness (QED) is 0.843. The molecule has 0 bridgehead atoms. The third kappa shape index (κ3) is 4.29. The Bertz CT molecular complexity index is 461. The number of nitrogens with one attached hydrogen (secondary N) is 1. The first-order valence-corrected chi connectivity index (χ1v) is 7.36. The number of urea groups is 1. The average Bonchev–Trinajstić information content (AvgIpc) is 3.17. The maximum Gasteiger partial charge on any atom is 0.321 e. The maximum absolute atomic E-state index is 12.2. The van der Waals surface area contributed by atoms with Crippen LogP contribution in [0.1, 0.15) is 26.2 Å². The SMILES string of the molecule is CCCN(CC1CC1)C(=O)Nc1ccc(Cl)c(Cl)c1. The summed E-state index contributed by atoms with van der Waals surface area (Å²) in [5.74, 6) is 0.686. The van der Waals surface area contributed by atoms with E-state index < -0.39 is 0 Å². The molecule has 2 rings (SSSR count). The van der Waals surface area contributed by atoms with Gasteiger partial charge in [0.1, 0.15) is 0 Å². The number of rotatable bonds is 5. The first kappa shape index (κ1) is 14.5. The van der Waals surface area contributed by atoms with Crippen molar-refractivity contribution in [3.8, 4) is 0 Å². The van der Waals surface area contributed by atoms with Gasteiger partial charge in [0, 0.05) is 18.8 Å². The Morgan fingerprint density at radius 3 is 2.68 bits per heavy atom. The summed E-state index contributed by atoms with van der Waals surface area (Å²) in [5, 5.41) is 3.81. The first-order valence-electron chi connectivity index (χ1n) is 6.61. The van der Waals surface area contributed by atoms with E-state index in [2.05, 4.69) is 12.2 Å². The number of hydrogen-bond acceptors (Lipinski definition) is 1. The van der Waals surface area contributed by atoms with Gasteiger partial charge in [-0.25, -0.2) is 4.79 Å². The van der Waals surface area contributed by atoms with Gasteiger partial charge < -0.3 is 10.2 Å². The molecule has 1 aliphatic rings. The van der Waals surface area contributed by atoms with Crippen molar-refractivity contribution in [3.63, 3.8) is 0 Å². The summed E-state index contributed by atoms with van der Waals surface area (Å²) in [5.41, 5.74) is 0.677. The Morgan fingerprint density at radius 2 is 2.11 bits per heavy atom. The van der Waals surface area contributed by atoms with Crippen LogP contribution in [0.15, 0.2) is 18.2 Å². The molecule has 0 atom stereocenters. The summed E-state index contributed by atoms with van der Waals surface area (Å²) in [6, 6.07) is 5.05. The number of anilines is 1. The monoisotopic (exact) mass is 300 g/mol. The van der Waals surface area contributed by atoms with E-state index in [-0.39, 0.29) is 6.03 Å². The molecule has 1 aromatic rings. The third-order valence-electron chi connectivity index (χ3n) is 3.13. The van der Waals surface area contributed by atoms with Crippen molar-refractivity contribution >= 4 is 34.9 Å². The number of benzene rings is 1. The van der Waals surface area contributed by atoms with Crippen molar-refractivity contribution in [1.29, 1.82) is 0 Å². The number of amides is 2. The molecule has 0 radical (unpaired) electrons. The molecule has 0 unspecified atom stereocenters. The van der Waals surface area contributed by atoms with Crippen LogP contribution in [0.4, 0.5) is 10.5 Å². The van der Waals surface area contributed by atoms with Gasteiger partial charge in [-0.3, -0.25) is 0 Å². The van der Waals surface area contributed by atoms with Crippen LogP contribution in [-0.4, -0.2) is 24.0 Å².